The van der Waals surface area contributed by atoms with E-state index in [1.54, 1.807) is 13.3 Å². The molecule has 44 valence electrons. The third-order valence-corrected chi connectivity index (χ3v) is 2.35. The van der Waals surface area contributed by atoms with Gasteiger partial charge in [-0.05, 0) is 13.3 Å². The summed E-state index contributed by atoms with van der Waals surface area (Å²) in [6.07, 6.45) is 0. The Labute approximate surface area is 44.5 Å². The molecule has 0 aromatic carbocycles. The van der Waals surface area contributed by atoms with Gasteiger partial charge in [0.15, 0.2) is 0 Å². The number of hydrogen-bond acceptors (Lipinski definition) is 2. The number of hydrogen-bond donors (Lipinski definition) is 1. The molecule has 0 aliphatic rings. The fraction of sp³-hybridized carbons (Fsp3) is 1.00. The topological polar surface area (TPSA) is 46.5 Å². The fourth-order valence-electron chi connectivity index (χ4n) is 0.156. The molecule has 5 heteroatoms. The molecule has 0 saturated heterocycles. The van der Waals surface area contributed by atoms with Gasteiger partial charge in [-0.3, -0.25) is 8.88 Å². The predicted octanol–water partition coefficient (Wildman–Crippen LogP) is 1.04. The summed E-state index contributed by atoms with van der Waals surface area (Å²) in [5.41, 5.74) is 0. The monoisotopic (exact) mass is 142 g/mol. The third-order valence-electron chi connectivity index (χ3n) is 0.261. The molecule has 0 aromatic rings. The van der Waals surface area contributed by atoms with Crippen LogP contribution in [0.1, 0.15) is 0 Å². The van der Waals surface area contributed by atoms with Crippen molar-refractivity contribution >= 4 is 16.4 Å². The van der Waals surface area contributed by atoms with Crippen molar-refractivity contribution in [2.24, 2.45) is 0 Å². The molecular formula is C2H8O3P2. The molecule has 0 bridgehead atoms. The molecule has 0 rings (SSSR count). The molecule has 1 atom stereocenters. The minimum Gasteiger partial charge on any atom is -0.326 e. The average Bonchev–Trinajstić information content (AvgIpc) is 1.27. The fourth-order valence-corrected chi connectivity index (χ4v) is 1.41. The van der Waals surface area contributed by atoms with E-state index in [1.807, 2.05) is 0 Å². The highest BCUT2D eigenvalue weighted by atomic mass is 31.2. The first kappa shape index (κ1) is 7.58. The molecular weight excluding hydrogens is 134 g/mol. The van der Waals surface area contributed by atoms with Crippen molar-refractivity contribution in [3.63, 3.8) is 0 Å². The van der Waals surface area contributed by atoms with Crippen LogP contribution in [0.5, 0.6) is 0 Å². The van der Waals surface area contributed by atoms with Crippen molar-refractivity contribution in [3.05, 3.63) is 0 Å². The molecule has 0 aliphatic heterocycles. The van der Waals surface area contributed by atoms with Crippen LogP contribution in [0.15, 0.2) is 0 Å². The largest absolute Gasteiger partial charge is 0.326 e. The molecule has 0 fully saturated rings. The van der Waals surface area contributed by atoms with Gasteiger partial charge >= 0.3 is 8.25 Å². The van der Waals surface area contributed by atoms with Crippen LogP contribution in [0.4, 0.5) is 0 Å². The molecule has 7 heavy (non-hydrogen) atoms. The van der Waals surface area contributed by atoms with Crippen LogP contribution in [0, 0.1) is 0 Å². The summed E-state index contributed by atoms with van der Waals surface area (Å²) >= 11 is 0. The lowest BCUT2D eigenvalue weighted by molar-refractivity contribution is 0.427. The lowest BCUT2D eigenvalue weighted by Crippen LogP contribution is -1.65. The van der Waals surface area contributed by atoms with E-state index < -0.39 is 16.4 Å². The van der Waals surface area contributed by atoms with Crippen molar-refractivity contribution < 1.29 is 13.8 Å². The van der Waals surface area contributed by atoms with Crippen molar-refractivity contribution in [3.8, 4) is 0 Å². The van der Waals surface area contributed by atoms with Crippen LogP contribution in [-0.4, -0.2) is 18.2 Å². The first-order valence-electron chi connectivity index (χ1n) is 1.71. The minimum atomic E-state index is -2.66. The smallest absolute Gasteiger partial charge is 0.319 e. The maximum atomic E-state index is 9.79. The van der Waals surface area contributed by atoms with E-state index in [0.717, 1.165) is 0 Å². The molecule has 0 heterocycles. The Hall–Kier alpha value is 0.580. The summed E-state index contributed by atoms with van der Waals surface area (Å²) in [7, 11) is -3.31. The molecule has 3 nitrogen and oxygen atoms in total. The van der Waals surface area contributed by atoms with E-state index in [4.69, 9.17) is 4.89 Å². The van der Waals surface area contributed by atoms with Gasteiger partial charge in [-0.1, -0.05) is 0 Å². The predicted molar refractivity (Wildman–Crippen MR) is 31.1 cm³/mol. The summed E-state index contributed by atoms with van der Waals surface area (Å²) in [4.78, 5) is 8.06. The molecule has 0 spiro atoms. The summed E-state index contributed by atoms with van der Waals surface area (Å²) in [5.74, 6) is 0. The SMILES string of the molecule is CP(C)O[PH](=O)O. The Kier molecular flexibility index (Phi) is 3.86. The first-order valence-corrected chi connectivity index (χ1v) is 5.13. The molecule has 0 amide bonds. The zero-order valence-corrected chi connectivity index (χ0v) is 6.11. The van der Waals surface area contributed by atoms with Gasteiger partial charge in [0.05, 0.1) is 0 Å². The van der Waals surface area contributed by atoms with E-state index >= 15 is 0 Å². The van der Waals surface area contributed by atoms with Crippen LogP contribution in [0.25, 0.3) is 0 Å². The van der Waals surface area contributed by atoms with Crippen molar-refractivity contribution in [1.82, 2.24) is 0 Å². The Morgan fingerprint density at radius 3 is 2.14 bits per heavy atom. The highest BCUT2D eigenvalue weighted by Gasteiger charge is 1.93. The van der Waals surface area contributed by atoms with Gasteiger partial charge < -0.3 is 4.89 Å². The zero-order chi connectivity index (χ0) is 5.86. The van der Waals surface area contributed by atoms with Crippen LogP contribution in [-0.2, 0) is 8.88 Å². The summed E-state index contributed by atoms with van der Waals surface area (Å²) in [5, 5.41) is 0. The molecule has 0 radical (unpaired) electrons. The van der Waals surface area contributed by atoms with Gasteiger partial charge in [0.1, 0.15) is 0 Å². The van der Waals surface area contributed by atoms with Gasteiger partial charge in [-0.15, -0.1) is 0 Å². The second kappa shape index (κ2) is 3.57. The zero-order valence-electron chi connectivity index (χ0n) is 4.21. The Bertz CT molecular complexity index is 71.3. The number of rotatable bonds is 2. The molecule has 0 aromatic heterocycles. The summed E-state index contributed by atoms with van der Waals surface area (Å²) in [6, 6.07) is 0. The maximum Gasteiger partial charge on any atom is 0.319 e. The summed E-state index contributed by atoms with van der Waals surface area (Å²) < 4.78 is 14.2. The Morgan fingerprint density at radius 2 is 2.14 bits per heavy atom. The van der Waals surface area contributed by atoms with Crippen LogP contribution in [0.3, 0.4) is 0 Å². The third kappa shape index (κ3) is 6.58. The second-order valence-electron chi connectivity index (χ2n) is 1.17. The van der Waals surface area contributed by atoms with Gasteiger partial charge in [-0.2, -0.15) is 0 Å². The van der Waals surface area contributed by atoms with Crippen molar-refractivity contribution in [2.45, 2.75) is 0 Å². The van der Waals surface area contributed by atoms with Gasteiger partial charge in [0.2, 0.25) is 0 Å². The van der Waals surface area contributed by atoms with Crippen LogP contribution >= 0.6 is 16.4 Å². The van der Waals surface area contributed by atoms with E-state index in [0.29, 0.717) is 0 Å². The lowest BCUT2D eigenvalue weighted by atomic mass is 11.9. The van der Waals surface area contributed by atoms with Gasteiger partial charge in [0, 0.05) is 8.15 Å². The Balaban J connectivity index is 3.13. The molecule has 0 aliphatic carbocycles. The van der Waals surface area contributed by atoms with Gasteiger partial charge in [-0.25, -0.2) is 0 Å². The normalized spacial score (nSPS) is 14.9. The average molecular weight is 142 g/mol. The highest BCUT2D eigenvalue weighted by Crippen LogP contribution is 2.37. The molecule has 0 saturated carbocycles. The summed E-state index contributed by atoms with van der Waals surface area (Å²) in [6.45, 7) is 3.54. The van der Waals surface area contributed by atoms with Crippen molar-refractivity contribution in [1.29, 1.82) is 0 Å². The van der Waals surface area contributed by atoms with Gasteiger partial charge in [0.25, 0.3) is 0 Å². The highest BCUT2D eigenvalue weighted by molar-refractivity contribution is 7.58. The second-order valence-corrected chi connectivity index (χ2v) is 4.06. The van der Waals surface area contributed by atoms with E-state index in [9.17, 15) is 4.57 Å². The lowest BCUT2D eigenvalue weighted by Gasteiger charge is -1.99. The van der Waals surface area contributed by atoms with E-state index in [2.05, 4.69) is 4.31 Å². The molecule has 1 unspecified atom stereocenters. The van der Waals surface area contributed by atoms with E-state index in [-0.39, 0.29) is 0 Å². The molecule has 1 N–H and O–H groups in total. The van der Waals surface area contributed by atoms with Crippen LogP contribution in [0.2, 0.25) is 0 Å². The first-order chi connectivity index (χ1) is 3.13. The standard InChI is InChI=1S/C2H8O3P2/c1-6(2)5-7(3)4/h7H,1-2H3,(H,3,4). The Morgan fingerprint density at radius 1 is 1.71 bits per heavy atom. The van der Waals surface area contributed by atoms with E-state index in [1.165, 1.54) is 0 Å². The van der Waals surface area contributed by atoms with Crippen molar-refractivity contribution in [2.75, 3.05) is 13.3 Å². The quantitative estimate of drug-likeness (QED) is 0.586. The maximum absolute atomic E-state index is 9.79. The van der Waals surface area contributed by atoms with Crippen LogP contribution < -0.4 is 0 Å². The minimum absolute atomic E-state index is 0.657.